The van der Waals surface area contributed by atoms with Crippen LogP contribution in [-0.4, -0.2) is 44.5 Å². The molecule has 1 atom stereocenters. The Morgan fingerprint density at radius 2 is 1.87 bits per heavy atom. The molecule has 1 aliphatic rings. The number of pyridine rings is 1. The molecule has 0 radical (unpaired) electrons. The second-order valence-electron chi connectivity index (χ2n) is 11.0. The number of hydrogen-bond donors (Lipinski definition) is 1. The van der Waals surface area contributed by atoms with Crippen molar-refractivity contribution < 1.29 is 26.7 Å². The van der Waals surface area contributed by atoms with Gasteiger partial charge in [0.15, 0.2) is 12.4 Å². The van der Waals surface area contributed by atoms with Crippen molar-refractivity contribution in [2.75, 3.05) is 30.9 Å². The van der Waals surface area contributed by atoms with E-state index in [1.54, 1.807) is 7.11 Å². The number of anilines is 1. The molecule has 2 aromatic heterocycles. The number of methoxy groups -OCH3 is 1. The smallest absolute Gasteiger partial charge is 0.344 e. The first-order valence-corrected chi connectivity index (χ1v) is 14.9. The fraction of sp³-hybridized carbons (Fsp3) is 0.517. The van der Waals surface area contributed by atoms with Crippen LogP contribution in [0.2, 0.25) is 0 Å². The summed E-state index contributed by atoms with van der Waals surface area (Å²) in [6, 6.07) is 9.87. The highest BCUT2D eigenvalue weighted by Gasteiger charge is 2.36. The maximum absolute atomic E-state index is 13.0. The van der Waals surface area contributed by atoms with E-state index in [4.69, 9.17) is 13.7 Å². The minimum absolute atomic E-state index is 0.000828. The standard InChI is InChI=1S/C29H38N2O6S/c1-21-20-29(2,3)31(12-5-7-15-36-4)26-19-27-23(17-24(21)26)18-25(28(32)37-27)22-9-13-30(14-10-22)11-6-8-16-38(33,34)35/h9-10,13-14,17-19,21H,5-8,11-12,15-16,20H2,1-4H3/p+1. The Morgan fingerprint density at radius 1 is 1.13 bits per heavy atom. The molecule has 0 saturated heterocycles. The highest BCUT2D eigenvalue weighted by atomic mass is 32.2. The minimum atomic E-state index is -3.93. The highest BCUT2D eigenvalue weighted by molar-refractivity contribution is 7.85. The second-order valence-corrected chi connectivity index (χ2v) is 12.6. The first kappa shape index (κ1) is 28.3. The van der Waals surface area contributed by atoms with Gasteiger partial charge in [-0.3, -0.25) is 4.55 Å². The Labute approximate surface area is 225 Å². The van der Waals surface area contributed by atoms with Crippen LogP contribution in [0.5, 0.6) is 0 Å². The van der Waals surface area contributed by atoms with Crippen LogP contribution in [-0.2, 0) is 21.4 Å². The molecular formula is C29H39N2O6S+. The predicted octanol–water partition coefficient (Wildman–Crippen LogP) is 4.93. The van der Waals surface area contributed by atoms with E-state index in [0.29, 0.717) is 36.5 Å². The highest BCUT2D eigenvalue weighted by Crippen LogP contribution is 2.45. The normalized spacial score (nSPS) is 17.1. The molecule has 0 fully saturated rings. The molecule has 0 bridgehead atoms. The number of aromatic nitrogens is 1. The van der Waals surface area contributed by atoms with Crippen molar-refractivity contribution >= 4 is 26.8 Å². The van der Waals surface area contributed by atoms with E-state index < -0.39 is 10.1 Å². The fourth-order valence-electron chi connectivity index (χ4n) is 5.60. The van der Waals surface area contributed by atoms with Gasteiger partial charge in [-0.15, -0.1) is 0 Å². The lowest BCUT2D eigenvalue weighted by Crippen LogP contribution is -2.48. The van der Waals surface area contributed by atoms with Crippen molar-refractivity contribution in [1.82, 2.24) is 0 Å². The van der Waals surface area contributed by atoms with Gasteiger partial charge in [0.25, 0.3) is 10.1 Å². The molecule has 3 aromatic rings. The Balaban J connectivity index is 1.59. The van der Waals surface area contributed by atoms with Crippen molar-refractivity contribution in [3.63, 3.8) is 0 Å². The molecule has 1 unspecified atom stereocenters. The number of rotatable bonds is 11. The van der Waals surface area contributed by atoms with Crippen LogP contribution in [0.1, 0.15) is 64.4 Å². The lowest BCUT2D eigenvalue weighted by Gasteiger charge is -2.47. The molecule has 0 saturated carbocycles. The molecule has 1 aromatic carbocycles. The molecular weight excluding hydrogens is 504 g/mol. The van der Waals surface area contributed by atoms with Gasteiger partial charge in [-0.05, 0) is 63.1 Å². The summed E-state index contributed by atoms with van der Waals surface area (Å²) in [6.07, 6.45) is 7.80. The Morgan fingerprint density at radius 3 is 2.55 bits per heavy atom. The van der Waals surface area contributed by atoms with Crippen LogP contribution in [0.25, 0.3) is 22.1 Å². The van der Waals surface area contributed by atoms with Gasteiger partial charge in [-0.2, -0.15) is 8.42 Å². The third-order valence-electron chi connectivity index (χ3n) is 7.49. The number of unbranched alkanes of at least 4 members (excludes halogenated alkanes) is 2. The molecule has 3 heterocycles. The van der Waals surface area contributed by atoms with Crippen LogP contribution in [0.15, 0.2) is 51.9 Å². The average molecular weight is 544 g/mol. The van der Waals surface area contributed by atoms with Crippen molar-refractivity contribution in [2.24, 2.45) is 0 Å². The van der Waals surface area contributed by atoms with E-state index in [9.17, 15) is 13.2 Å². The van der Waals surface area contributed by atoms with E-state index in [1.165, 1.54) is 5.56 Å². The van der Waals surface area contributed by atoms with Gasteiger partial charge in [0.1, 0.15) is 12.1 Å². The average Bonchev–Trinajstić information content (AvgIpc) is 2.84. The number of fused-ring (bicyclic) bond motifs is 2. The molecule has 0 amide bonds. The largest absolute Gasteiger partial charge is 0.422 e. The van der Waals surface area contributed by atoms with Gasteiger partial charge >= 0.3 is 5.63 Å². The predicted molar refractivity (Wildman–Crippen MR) is 149 cm³/mol. The molecule has 4 rings (SSSR count). The summed E-state index contributed by atoms with van der Waals surface area (Å²) in [5.74, 6) is 0.140. The molecule has 9 heteroatoms. The number of nitrogens with zero attached hydrogens (tertiary/aromatic N) is 2. The lowest BCUT2D eigenvalue weighted by molar-refractivity contribution is -0.697. The monoisotopic (exact) mass is 543 g/mol. The van der Waals surface area contributed by atoms with E-state index >= 15 is 0 Å². The van der Waals surface area contributed by atoms with Crippen molar-refractivity contribution in [3.8, 4) is 11.1 Å². The van der Waals surface area contributed by atoms with Gasteiger partial charge in [-0.25, -0.2) is 9.36 Å². The first-order valence-electron chi connectivity index (χ1n) is 13.3. The van der Waals surface area contributed by atoms with Crippen LogP contribution < -0.4 is 15.1 Å². The summed E-state index contributed by atoms with van der Waals surface area (Å²) in [6.45, 7) is 9.11. The van der Waals surface area contributed by atoms with Gasteiger partial charge in [0.05, 0.1) is 11.3 Å². The quantitative estimate of drug-likeness (QED) is 0.158. The summed E-state index contributed by atoms with van der Waals surface area (Å²) < 4.78 is 43.6. The van der Waals surface area contributed by atoms with E-state index in [-0.39, 0.29) is 16.9 Å². The zero-order chi connectivity index (χ0) is 27.5. The SMILES string of the molecule is COCCCCN1c2cc3oc(=O)c(-c4cc[n+](CCCCS(=O)(=O)O)cc4)cc3cc2C(C)CC1(C)C. The van der Waals surface area contributed by atoms with Crippen molar-refractivity contribution in [3.05, 3.63) is 58.7 Å². The van der Waals surface area contributed by atoms with Crippen molar-refractivity contribution in [2.45, 2.75) is 70.9 Å². The minimum Gasteiger partial charge on any atom is -0.422 e. The molecule has 1 aliphatic heterocycles. The second kappa shape index (κ2) is 11.6. The summed E-state index contributed by atoms with van der Waals surface area (Å²) in [5, 5.41) is 0.909. The number of hydrogen-bond acceptors (Lipinski definition) is 6. The van der Waals surface area contributed by atoms with Crippen LogP contribution >= 0.6 is 0 Å². The molecule has 0 aliphatic carbocycles. The van der Waals surface area contributed by atoms with Gasteiger partial charge in [-0.1, -0.05) is 6.92 Å². The van der Waals surface area contributed by atoms with Crippen molar-refractivity contribution in [1.29, 1.82) is 0 Å². The fourth-order valence-corrected chi connectivity index (χ4v) is 6.17. The molecule has 206 valence electrons. The molecule has 8 nitrogen and oxygen atoms in total. The van der Waals surface area contributed by atoms with Crippen LogP contribution in [0.3, 0.4) is 0 Å². The zero-order valence-electron chi connectivity index (χ0n) is 22.8. The van der Waals surface area contributed by atoms with Gasteiger partial charge in [0.2, 0.25) is 0 Å². The Kier molecular flexibility index (Phi) is 8.59. The maximum Gasteiger partial charge on any atom is 0.344 e. The lowest BCUT2D eigenvalue weighted by atomic mass is 9.79. The maximum atomic E-state index is 13.0. The summed E-state index contributed by atoms with van der Waals surface area (Å²) in [7, 11) is -2.20. The summed E-state index contributed by atoms with van der Waals surface area (Å²) >= 11 is 0. The number of ether oxygens (including phenoxy) is 1. The first-order chi connectivity index (χ1) is 18.0. The van der Waals surface area contributed by atoms with E-state index in [1.807, 2.05) is 41.2 Å². The van der Waals surface area contributed by atoms with Gasteiger partial charge in [0, 0.05) is 67.1 Å². The Bertz CT molecular complexity index is 1430. The summed E-state index contributed by atoms with van der Waals surface area (Å²) in [4.78, 5) is 15.5. The van der Waals surface area contributed by atoms with Gasteiger partial charge < -0.3 is 14.1 Å². The summed E-state index contributed by atoms with van der Waals surface area (Å²) in [5.41, 5.74) is 3.91. The topological polar surface area (TPSA) is 101 Å². The van der Waals surface area contributed by atoms with E-state index in [2.05, 4.69) is 31.7 Å². The third-order valence-corrected chi connectivity index (χ3v) is 8.30. The third kappa shape index (κ3) is 6.62. The number of benzene rings is 1. The zero-order valence-corrected chi connectivity index (χ0v) is 23.6. The van der Waals surface area contributed by atoms with E-state index in [0.717, 1.165) is 49.1 Å². The van der Waals surface area contributed by atoms with Crippen LogP contribution in [0.4, 0.5) is 5.69 Å². The molecule has 0 spiro atoms. The van der Waals surface area contributed by atoms with Crippen LogP contribution in [0, 0.1) is 0 Å². The Hall–Kier alpha value is -2.75. The molecule has 1 N–H and O–H groups in total. The molecule has 38 heavy (non-hydrogen) atoms. The number of aryl methyl sites for hydroxylation is 1.